The van der Waals surface area contributed by atoms with Gasteiger partial charge in [0.15, 0.2) is 5.92 Å². The van der Waals surface area contributed by atoms with Crippen molar-refractivity contribution in [2.24, 2.45) is 0 Å². The van der Waals surface area contributed by atoms with Crippen molar-refractivity contribution in [3.63, 3.8) is 0 Å². The molecule has 1 heterocycles. The van der Waals surface area contributed by atoms with Gasteiger partial charge in [0, 0.05) is 5.69 Å². The number of anilines is 1. The van der Waals surface area contributed by atoms with Crippen LogP contribution in [0.1, 0.15) is 16.5 Å². The van der Waals surface area contributed by atoms with Crippen LogP contribution in [0.25, 0.3) is 10.2 Å². The lowest BCUT2D eigenvalue weighted by molar-refractivity contribution is -0.116. The maximum Gasteiger partial charge on any atom is 0.248 e. The Bertz CT molecular complexity index is 931. The SMILES string of the molecule is N#Cc1cccc(NC(=O)[C@H](C#N)c2nc3ccccc3s2)c1. The highest BCUT2D eigenvalue weighted by Gasteiger charge is 2.24. The van der Waals surface area contributed by atoms with E-state index in [0.29, 0.717) is 16.3 Å². The highest BCUT2D eigenvalue weighted by Crippen LogP contribution is 2.28. The van der Waals surface area contributed by atoms with Gasteiger partial charge in [-0.25, -0.2) is 4.98 Å². The first-order valence-electron chi connectivity index (χ1n) is 6.77. The number of hydrogen-bond acceptors (Lipinski definition) is 5. The third-order valence-corrected chi connectivity index (χ3v) is 4.31. The summed E-state index contributed by atoms with van der Waals surface area (Å²) in [6.45, 7) is 0. The van der Waals surface area contributed by atoms with Gasteiger partial charge in [-0.05, 0) is 30.3 Å². The van der Waals surface area contributed by atoms with E-state index in [1.807, 2.05) is 36.4 Å². The number of para-hydroxylation sites is 1. The van der Waals surface area contributed by atoms with E-state index in [0.717, 1.165) is 10.2 Å². The first kappa shape index (κ1) is 14.7. The average Bonchev–Trinajstić information content (AvgIpc) is 2.99. The summed E-state index contributed by atoms with van der Waals surface area (Å²) >= 11 is 1.33. The molecule has 3 rings (SSSR count). The molecule has 0 fully saturated rings. The molecule has 1 amide bonds. The van der Waals surface area contributed by atoms with Gasteiger partial charge >= 0.3 is 0 Å². The van der Waals surface area contributed by atoms with E-state index in [4.69, 9.17) is 5.26 Å². The van der Waals surface area contributed by atoms with E-state index >= 15 is 0 Å². The van der Waals surface area contributed by atoms with Gasteiger partial charge in [-0.1, -0.05) is 18.2 Å². The second kappa shape index (κ2) is 6.27. The van der Waals surface area contributed by atoms with E-state index < -0.39 is 11.8 Å². The summed E-state index contributed by atoms with van der Waals surface area (Å²) in [4.78, 5) is 16.7. The largest absolute Gasteiger partial charge is 0.325 e. The Balaban J connectivity index is 1.87. The monoisotopic (exact) mass is 318 g/mol. The van der Waals surface area contributed by atoms with Crippen LogP contribution in [0.15, 0.2) is 48.5 Å². The maximum atomic E-state index is 12.4. The summed E-state index contributed by atoms with van der Waals surface area (Å²) in [5, 5.41) is 21.4. The minimum atomic E-state index is -0.988. The lowest BCUT2D eigenvalue weighted by atomic mass is 10.1. The molecule has 0 saturated carbocycles. The number of nitrogens with one attached hydrogen (secondary N) is 1. The van der Waals surface area contributed by atoms with Crippen molar-refractivity contribution in [3.8, 4) is 12.1 Å². The van der Waals surface area contributed by atoms with Gasteiger partial charge < -0.3 is 5.32 Å². The molecule has 3 aromatic rings. The molecule has 1 N–H and O–H groups in total. The second-order valence-corrected chi connectivity index (χ2v) is 5.83. The van der Waals surface area contributed by atoms with Crippen LogP contribution < -0.4 is 5.32 Å². The number of carbonyl (C=O) groups is 1. The van der Waals surface area contributed by atoms with Crippen LogP contribution in [0.4, 0.5) is 5.69 Å². The molecule has 2 aromatic carbocycles. The van der Waals surface area contributed by atoms with E-state index in [1.165, 1.54) is 11.3 Å². The summed E-state index contributed by atoms with van der Waals surface area (Å²) in [5.74, 6) is -1.44. The zero-order chi connectivity index (χ0) is 16.2. The zero-order valence-corrected chi connectivity index (χ0v) is 12.7. The maximum absolute atomic E-state index is 12.4. The van der Waals surface area contributed by atoms with Gasteiger partial charge in [0.05, 0.1) is 27.9 Å². The number of nitriles is 2. The van der Waals surface area contributed by atoms with Crippen molar-refractivity contribution in [2.45, 2.75) is 5.92 Å². The third-order valence-electron chi connectivity index (χ3n) is 3.21. The van der Waals surface area contributed by atoms with Crippen molar-refractivity contribution in [1.82, 2.24) is 4.98 Å². The smallest absolute Gasteiger partial charge is 0.248 e. The fourth-order valence-corrected chi connectivity index (χ4v) is 3.13. The first-order chi connectivity index (χ1) is 11.2. The van der Waals surface area contributed by atoms with Gasteiger partial charge in [-0.3, -0.25) is 4.79 Å². The zero-order valence-electron chi connectivity index (χ0n) is 11.9. The summed E-state index contributed by atoms with van der Waals surface area (Å²) in [7, 11) is 0. The summed E-state index contributed by atoms with van der Waals surface area (Å²) < 4.78 is 0.932. The minimum Gasteiger partial charge on any atom is -0.325 e. The van der Waals surface area contributed by atoms with Crippen LogP contribution in [-0.4, -0.2) is 10.9 Å². The van der Waals surface area contributed by atoms with Crippen molar-refractivity contribution >= 4 is 33.1 Å². The molecule has 23 heavy (non-hydrogen) atoms. The number of amides is 1. The van der Waals surface area contributed by atoms with Gasteiger partial charge in [0.2, 0.25) is 5.91 Å². The Labute approximate surface area is 136 Å². The summed E-state index contributed by atoms with van der Waals surface area (Å²) in [6.07, 6.45) is 0. The van der Waals surface area contributed by atoms with Crippen molar-refractivity contribution in [3.05, 3.63) is 59.1 Å². The molecular formula is C17H10N4OS. The fraction of sp³-hybridized carbons (Fsp3) is 0.0588. The normalized spacial score (nSPS) is 11.4. The Morgan fingerprint density at radius 1 is 1.17 bits per heavy atom. The standard InChI is InChI=1S/C17H10N4OS/c18-9-11-4-3-5-12(8-11)20-16(22)13(10-19)17-21-14-6-1-2-7-15(14)23-17/h1-8,13H,(H,20,22)/t13-/m0/s1. The van der Waals surface area contributed by atoms with Crippen LogP contribution in [-0.2, 0) is 4.79 Å². The van der Waals surface area contributed by atoms with Gasteiger partial charge in [-0.15, -0.1) is 11.3 Å². The highest BCUT2D eigenvalue weighted by atomic mass is 32.1. The van der Waals surface area contributed by atoms with Crippen LogP contribution in [0.5, 0.6) is 0 Å². The lowest BCUT2D eigenvalue weighted by Crippen LogP contribution is -2.19. The number of aromatic nitrogens is 1. The number of rotatable bonds is 3. The van der Waals surface area contributed by atoms with E-state index in [9.17, 15) is 10.1 Å². The summed E-state index contributed by atoms with van der Waals surface area (Å²) in [6, 6.07) is 18.1. The molecule has 0 aliphatic heterocycles. The quantitative estimate of drug-likeness (QED) is 0.801. The molecule has 110 valence electrons. The molecule has 0 spiro atoms. The van der Waals surface area contributed by atoms with E-state index in [2.05, 4.69) is 10.3 Å². The van der Waals surface area contributed by atoms with Gasteiger partial charge in [0.1, 0.15) is 5.01 Å². The Morgan fingerprint density at radius 2 is 2.00 bits per heavy atom. The predicted molar refractivity (Wildman–Crippen MR) is 87.8 cm³/mol. The number of hydrogen-bond donors (Lipinski definition) is 1. The number of thiazole rings is 1. The molecule has 6 heteroatoms. The van der Waals surface area contributed by atoms with Gasteiger partial charge in [0.25, 0.3) is 0 Å². The molecule has 1 aromatic heterocycles. The molecule has 1 atom stereocenters. The Hall–Kier alpha value is -3.22. The number of benzene rings is 2. The Kier molecular flexibility index (Phi) is 4.01. The minimum absolute atomic E-state index is 0.441. The van der Waals surface area contributed by atoms with Crippen LogP contribution in [0.2, 0.25) is 0 Å². The molecule has 0 radical (unpaired) electrons. The highest BCUT2D eigenvalue weighted by molar-refractivity contribution is 7.18. The number of nitrogens with zero attached hydrogens (tertiary/aromatic N) is 3. The molecular weight excluding hydrogens is 308 g/mol. The topological polar surface area (TPSA) is 89.6 Å². The first-order valence-corrected chi connectivity index (χ1v) is 7.59. The third kappa shape index (κ3) is 3.03. The van der Waals surface area contributed by atoms with E-state index in [1.54, 1.807) is 24.3 Å². The molecule has 0 saturated heterocycles. The number of carbonyl (C=O) groups excluding carboxylic acids is 1. The molecule has 5 nitrogen and oxygen atoms in total. The fourth-order valence-electron chi connectivity index (χ4n) is 2.12. The van der Waals surface area contributed by atoms with E-state index in [-0.39, 0.29) is 0 Å². The second-order valence-electron chi connectivity index (χ2n) is 4.76. The Morgan fingerprint density at radius 3 is 2.74 bits per heavy atom. The van der Waals surface area contributed by atoms with Crippen LogP contribution >= 0.6 is 11.3 Å². The molecule has 0 aliphatic carbocycles. The average molecular weight is 318 g/mol. The lowest BCUT2D eigenvalue weighted by Gasteiger charge is -2.08. The number of fused-ring (bicyclic) bond motifs is 1. The summed E-state index contributed by atoms with van der Waals surface area (Å²) in [5.41, 5.74) is 1.69. The van der Waals surface area contributed by atoms with Crippen molar-refractivity contribution < 1.29 is 4.79 Å². The molecule has 0 bridgehead atoms. The molecule has 0 unspecified atom stereocenters. The van der Waals surface area contributed by atoms with Crippen molar-refractivity contribution in [1.29, 1.82) is 10.5 Å². The molecule has 0 aliphatic rings. The van der Waals surface area contributed by atoms with Crippen LogP contribution in [0.3, 0.4) is 0 Å². The van der Waals surface area contributed by atoms with Crippen LogP contribution in [0, 0.1) is 22.7 Å². The van der Waals surface area contributed by atoms with Crippen molar-refractivity contribution in [2.75, 3.05) is 5.32 Å². The predicted octanol–water partition coefficient (Wildman–Crippen LogP) is 3.41. The van der Waals surface area contributed by atoms with Gasteiger partial charge in [-0.2, -0.15) is 10.5 Å².